The maximum atomic E-state index is 9.85. The van der Waals surface area contributed by atoms with Crippen LogP contribution in [0.2, 0.25) is 0 Å². The van der Waals surface area contributed by atoms with Gasteiger partial charge in [0.15, 0.2) is 0 Å². The molecule has 1 N–H and O–H groups in total. The second-order valence-electron chi connectivity index (χ2n) is 4.03. The zero-order chi connectivity index (χ0) is 10.6. The molecule has 2 atom stereocenters. The fourth-order valence-corrected chi connectivity index (χ4v) is 2.29. The number of hydrogen-bond acceptors (Lipinski definition) is 2. The van der Waals surface area contributed by atoms with E-state index in [1.807, 2.05) is 6.92 Å². The summed E-state index contributed by atoms with van der Waals surface area (Å²) in [5.74, 6) is 0. The van der Waals surface area contributed by atoms with Gasteiger partial charge in [0.05, 0.1) is 6.10 Å². The number of piperidine rings is 1. The highest BCUT2D eigenvalue weighted by atomic mass is 35.5. The van der Waals surface area contributed by atoms with Gasteiger partial charge in [-0.05, 0) is 25.8 Å². The van der Waals surface area contributed by atoms with Gasteiger partial charge >= 0.3 is 0 Å². The first-order valence-electron chi connectivity index (χ1n) is 5.40. The minimum Gasteiger partial charge on any atom is -0.392 e. The van der Waals surface area contributed by atoms with Crippen molar-refractivity contribution in [3.8, 4) is 0 Å². The van der Waals surface area contributed by atoms with Crippen molar-refractivity contribution in [1.82, 2.24) is 4.90 Å². The average Bonchev–Trinajstić information content (AvgIpc) is 2.16. The summed E-state index contributed by atoms with van der Waals surface area (Å²) in [7, 11) is 0. The molecule has 0 bridgehead atoms. The summed E-state index contributed by atoms with van der Waals surface area (Å²) in [6.07, 6.45) is 4.10. The lowest BCUT2D eigenvalue weighted by molar-refractivity contribution is 0.0302. The summed E-state index contributed by atoms with van der Waals surface area (Å²) in [6, 6.07) is 0.282. The number of rotatable bonds is 4. The maximum Gasteiger partial charge on any atom is 0.0692 e. The fourth-order valence-electron chi connectivity index (χ4n) is 2.14. The third kappa shape index (κ3) is 3.26. The average molecular weight is 218 g/mol. The molecule has 0 unspecified atom stereocenters. The van der Waals surface area contributed by atoms with E-state index in [2.05, 4.69) is 11.5 Å². The molecule has 82 valence electrons. The van der Waals surface area contributed by atoms with Crippen molar-refractivity contribution in [2.45, 2.75) is 44.8 Å². The van der Waals surface area contributed by atoms with Gasteiger partial charge in [0.1, 0.15) is 0 Å². The summed E-state index contributed by atoms with van der Waals surface area (Å²) in [5, 5.41) is 10.5. The molecule has 1 rings (SSSR count). The lowest BCUT2D eigenvalue weighted by Crippen LogP contribution is -2.46. The van der Waals surface area contributed by atoms with Crippen molar-refractivity contribution in [3.05, 3.63) is 11.6 Å². The van der Waals surface area contributed by atoms with Gasteiger partial charge in [-0.2, -0.15) is 0 Å². The van der Waals surface area contributed by atoms with E-state index >= 15 is 0 Å². The molecule has 1 heterocycles. The minimum atomic E-state index is -0.216. The summed E-state index contributed by atoms with van der Waals surface area (Å²) < 4.78 is 0. The van der Waals surface area contributed by atoms with Crippen molar-refractivity contribution in [2.75, 3.05) is 13.1 Å². The summed E-state index contributed by atoms with van der Waals surface area (Å²) >= 11 is 5.81. The molecule has 0 saturated carbocycles. The number of aliphatic hydroxyl groups excluding tert-OH is 1. The van der Waals surface area contributed by atoms with E-state index in [0.29, 0.717) is 11.6 Å². The highest BCUT2D eigenvalue weighted by Gasteiger charge is 2.27. The SMILES string of the molecule is C=C(Cl)CN1CCCC[C@@H]1[C@@H](O)CC. The molecule has 1 saturated heterocycles. The molecule has 0 amide bonds. The Hall–Kier alpha value is -0.0500. The van der Waals surface area contributed by atoms with Gasteiger partial charge in [0.25, 0.3) is 0 Å². The van der Waals surface area contributed by atoms with Crippen LogP contribution in [0.5, 0.6) is 0 Å². The molecule has 0 aromatic carbocycles. The van der Waals surface area contributed by atoms with Gasteiger partial charge in [0.2, 0.25) is 0 Å². The van der Waals surface area contributed by atoms with Crippen molar-refractivity contribution in [2.24, 2.45) is 0 Å². The summed E-state index contributed by atoms with van der Waals surface area (Å²) in [5.41, 5.74) is 0. The lowest BCUT2D eigenvalue weighted by Gasteiger charge is -2.38. The standard InChI is InChI=1S/C11H20ClNO/c1-3-11(14)10-6-4-5-7-13(10)8-9(2)12/h10-11,14H,2-8H2,1H3/t10-,11+/m1/s1. The number of likely N-dealkylation sites (tertiary alicyclic amines) is 1. The monoisotopic (exact) mass is 217 g/mol. The lowest BCUT2D eigenvalue weighted by atomic mass is 9.96. The molecule has 0 aliphatic carbocycles. The molecule has 1 aliphatic rings. The number of nitrogens with zero attached hydrogens (tertiary/aromatic N) is 1. The predicted octanol–water partition coefficient (Wildman–Crippen LogP) is 2.36. The van der Waals surface area contributed by atoms with Crippen molar-refractivity contribution in [1.29, 1.82) is 0 Å². The fraction of sp³-hybridized carbons (Fsp3) is 0.818. The van der Waals surface area contributed by atoms with E-state index in [1.54, 1.807) is 0 Å². The smallest absolute Gasteiger partial charge is 0.0692 e. The van der Waals surface area contributed by atoms with Crippen LogP contribution in [0.3, 0.4) is 0 Å². The van der Waals surface area contributed by atoms with Gasteiger partial charge in [-0.25, -0.2) is 0 Å². The van der Waals surface area contributed by atoms with Gasteiger partial charge in [-0.3, -0.25) is 4.90 Å². The predicted molar refractivity (Wildman–Crippen MR) is 60.5 cm³/mol. The zero-order valence-corrected chi connectivity index (χ0v) is 9.63. The third-order valence-electron chi connectivity index (χ3n) is 2.90. The van der Waals surface area contributed by atoms with Crippen LogP contribution < -0.4 is 0 Å². The van der Waals surface area contributed by atoms with E-state index < -0.39 is 0 Å². The Bertz CT molecular complexity index is 196. The molecule has 1 fully saturated rings. The molecule has 0 spiro atoms. The summed E-state index contributed by atoms with van der Waals surface area (Å²) in [6.45, 7) is 7.48. The van der Waals surface area contributed by atoms with Crippen LogP contribution in [0, 0.1) is 0 Å². The molecule has 0 aromatic heterocycles. The molecular weight excluding hydrogens is 198 g/mol. The second kappa shape index (κ2) is 5.74. The Labute approximate surface area is 91.6 Å². The highest BCUT2D eigenvalue weighted by molar-refractivity contribution is 6.29. The molecule has 3 heteroatoms. The Kier molecular flexibility index (Phi) is 4.93. The van der Waals surface area contributed by atoms with Crippen molar-refractivity contribution in [3.63, 3.8) is 0 Å². The van der Waals surface area contributed by atoms with Gasteiger partial charge in [0, 0.05) is 17.6 Å². The highest BCUT2D eigenvalue weighted by Crippen LogP contribution is 2.22. The first-order valence-corrected chi connectivity index (χ1v) is 5.78. The Morgan fingerprint density at radius 3 is 2.93 bits per heavy atom. The Morgan fingerprint density at radius 1 is 1.64 bits per heavy atom. The quantitative estimate of drug-likeness (QED) is 0.782. The first-order chi connectivity index (χ1) is 6.65. The van der Waals surface area contributed by atoms with Gasteiger partial charge < -0.3 is 5.11 Å². The van der Waals surface area contributed by atoms with E-state index in [-0.39, 0.29) is 12.1 Å². The number of hydrogen-bond donors (Lipinski definition) is 1. The largest absolute Gasteiger partial charge is 0.392 e. The van der Waals surface area contributed by atoms with E-state index in [4.69, 9.17) is 11.6 Å². The molecule has 14 heavy (non-hydrogen) atoms. The zero-order valence-electron chi connectivity index (χ0n) is 8.88. The molecular formula is C11H20ClNO. The van der Waals surface area contributed by atoms with Crippen LogP contribution in [0.4, 0.5) is 0 Å². The maximum absolute atomic E-state index is 9.85. The van der Waals surface area contributed by atoms with E-state index in [1.165, 1.54) is 12.8 Å². The van der Waals surface area contributed by atoms with Crippen LogP contribution in [-0.4, -0.2) is 35.2 Å². The third-order valence-corrected chi connectivity index (χ3v) is 3.02. The Morgan fingerprint density at radius 2 is 2.36 bits per heavy atom. The molecule has 1 aliphatic heterocycles. The van der Waals surface area contributed by atoms with Crippen LogP contribution in [0.25, 0.3) is 0 Å². The first kappa shape index (κ1) is 12.0. The van der Waals surface area contributed by atoms with Crippen LogP contribution >= 0.6 is 11.6 Å². The minimum absolute atomic E-state index is 0.216. The van der Waals surface area contributed by atoms with Crippen molar-refractivity contribution >= 4 is 11.6 Å². The topological polar surface area (TPSA) is 23.5 Å². The summed E-state index contributed by atoms with van der Waals surface area (Å²) in [4.78, 5) is 2.26. The van der Waals surface area contributed by atoms with E-state index in [9.17, 15) is 5.11 Å². The van der Waals surface area contributed by atoms with Gasteiger partial charge in [-0.1, -0.05) is 31.5 Å². The molecule has 2 nitrogen and oxygen atoms in total. The van der Waals surface area contributed by atoms with Crippen LogP contribution in [0.1, 0.15) is 32.6 Å². The van der Waals surface area contributed by atoms with Gasteiger partial charge in [-0.15, -0.1) is 0 Å². The Balaban J connectivity index is 2.54. The number of halogens is 1. The van der Waals surface area contributed by atoms with E-state index in [0.717, 1.165) is 19.4 Å². The normalized spacial score (nSPS) is 26.1. The number of aliphatic hydroxyl groups is 1. The second-order valence-corrected chi connectivity index (χ2v) is 4.56. The van der Waals surface area contributed by atoms with Crippen LogP contribution in [-0.2, 0) is 0 Å². The molecule has 0 aromatic rings. The van der Waals surface area contributed by atoms with Crippen molar-refractivity contribution < 1.29 is 5.11 Å². The van der Waals surface area contributed by atoms with Crippen LogP contribution in [0.15, 0.2) is 11.6 Å². The molecule has 0 radical (unpaired) electrons.